The van der Waals surface area contributed by atoms with Crippen molar-refractivity contribution in [3.63, 3.8) is 0 Å². The third-order valence-corrected chi connectivity index (χ3v) is 5.92. The fourth-order valence-corrected chi connectivity index (χ4v) is 4.08. The van der Waals surface area contributed by atoms with E-state index in [0.717, 1.165) is 11.1 Å². The maximum absolute atomic E-state index is 13.2. The highest BCUT2D eigenvalue weighted by molar-refractivity contribution is 7.99. The molecule has 0 atom stereocenters. The van der Waals surface area contributed by atoms with Gasteiger partial charge in [0.1, 0.15) is 6.07 Å². The Kier molecular flexibility index (Phi) is 6.34. The van der Waals surface area contributed by atoms with E-state index < -0.39 is 0 Å². The number of nitriles is 1. The molecule has 1 aromatic heterocycles. The Morgan fingerprint density at radius 3 is 2.56 bits per heavy atom. The van der Waals surface area contributed by atoms with E-state index in [9.17, 15) is 14.9 Å². The fourth-order valence-electron chi connectivity index (χ4n) is 3.28. The Balaban J connectivity index is 1.62. The van der Waals surface area contributed by atoms with E-state index in [-0.39, 0.29) is 17.2 Å². The topological polar surface area (TPSA) is 87.8 Å². The van der Waals surface area contributed by atoms with Crippen LogP contribution in [-0.2, 0) is 11.3 Å². The molecule has 7 heteroatoms. The zero-order chi connectivity index (χ0) is 22.5. The maximum Gasteiger partial charge on any atom is 0.262 e. The van der Waals surface area contributed by atoms with Gasteiger partial charge in [-0.2, -0.15) is 5.26 Å². The van der Waals surface area contributed by atoms with Crippen LogP contribution in [0.5, 0.6) is 0 Å². The summed E-state index contributed by atoms with van der Waals surface area (Å²) in [6.45, 7) is 2.37. The number of fused-ring (bicyclic) bond motifs is 1. The van der Waals surface area contributed by atoms with Crippen molar-refractivity contribution < 1.29 is 4.79 Å². The Labute approximate surface area is 189 Å². The minimum Gasteiger partial charge on any atom is -0.324 e. The van der Waals surface area contributed by atoms with Gasteiger partial charge < -0.3 is 5.32 Å². The molecule has 158 valence electrons. The predicted octanol–water partition coefficient (Wildman–Crippen LogP) is 4.36. The number of carbonyl (C=O) groups excluding carboxylic acids is 1. The molecular weight excluding hydrogens is 420 g/mol. The number of nitrogens with zero attached hydrogens (tertiary/aromatic N) is 3. The van der Waals surface area contributed by atoms with Gasteiger partial charge in [0.2, 0.25) is 5.91 Å². The lowest BCUT2D eigenvalue weighted by molar-refractivity contribution is -0.113. The van der Waals surface area contributed by atoms with Crippen molar-refractivity contribution in [2.24, 2.45) is 0 Å². The smallest absolute Gasteiger partial charge is 0.262 e. The number of thioether (sulfide) groups is 1. The molecule has 0 aliphatic carbocycles. The summed E-state index contributed by atoms with van der Waals surface area (Å²) in [4.78, 5) is 30.4. The first-order chi connectivity index (χ1) is 15.5. The van der Waals surface area contributed by atoms with Gasteiger partial charge in [0.05, 0.1) is 34.5 Å². The summed E-state index contributed by atoms with van der Waals surface area (Å²) < 4.78 is 1.61. The standard InChI is InChI=1S/C25H20N4O2S/c1-17-10-12-18(13-11-17)15-29-24(31)20-7-3-5-9-22(20)28-25(29)32-16-23(30)27-21-8-4-2-6-19(21)14-26/h2-13H,15-16H2,1H3,(H,27,30). The molecule has 0 fully saturated rings. The molecule has 3 aromatic carbocycles. The van der Waals surface area contributed by atoms with Gasteiger partial charge in [-0.3, -0.25) is 14.2 Å². The number of hydrogen-bond acceptors (Lipinski definition) is 5. The number of carbonyl (C=O) groups is 1. The van der Waals surface area contributed by atoms with E-state index in [2.05, 4.69) is 16.4 Å². The van der Waals surface area contributed by atoms with Gasteiger partial charge in [0.15, 0.2) is 5.16 Å². The number of aryl methyl sites for hydroxylation is 1. The third-order valence-electron chi connectivity index (χ3n) is 4.94. The van der Waals surface area contributed by atoms with E-state index in [1.54, 1.807) is 41.0 Å². The Morgan fingerprint density at radius 1 is 1.06 bits per heavy atom. The first-order valence-electron chi connectivity index (χ1n) is 10.0. The minimum atomic E-state index is -0.276. The minimum absolute atomic E-state index is 0.0540. The second-order valence-corrected chi connectivity index (χ2v) is 8.23. The van der Waals surface area contributed by atoms with Crippen LogP contribution in [0, 0.1) is 18.3 Å². The Bertz CT molecular complexity index is 1390. The molecular formula is C25H20N4O2S. The van der Waals surface area contributed by atoms with Crippen molar-refractivity contribution in [2.45, 2.75) is 18.6 Å². The number of anilines is 1. The van der Waals surface area contributed by atoms with Gasteiger partial charge in [-0.1, -0.05) is 65.9 Å². The number of rotatable bonds is 6. The summed E-state index contributed by atoms with van der Waals surface area (Å²) in [5, 5.41) is 13.0. The number of amides is 1. The number of nitrogens with one attached hydrogen (secondary N) is 1. The molecule has 1 amide bonds. The van der Waals surface area contributed by atoms with Gasteiger partial charge in [-0.25, -0.2) is 4.98 Å². The monoisotopic (exact) mass is 440 g/mol. The van der Waals surface area contributed by atoms with Crippen LogP contribution in [-0.4, -0.2) is 21.2 Å². The molecule has 4 aromatic rings. The number of benzene rings is 3. The van der Waals surface area contributed by atoms with Crippen LogP contribution in [0.15, 0.2) is 82.7 Å². The maximum atomic E-state index is 13.2. The highest BCUT2D eigenvalue weighted by Gasteiger charge is 2.14. The molecule has 1 N–H and O–H groups in total. The molecule has 32 heavy (non-hydrogen) atoms. The van der Waals surface area contributed by atoms with Gasteiger partial charge in [0.25, 0.3) is 5.56 Å². The molecule has 1 heterocycles. The number of para-hydroxylation sites is 2. The predicted molar refractivity (Wildman–Crippen MR) is 127 cm³/mol. The number of aromatic nitrogens is 2. The summed E-state index contributed by atoms with van der Waals surface area (Å²) in [5.41, 5.74) is 3.42. The van der Waals surface area contributed by atoms with Gasteiger partial charge >= 0.3 is 0 Å². The van der Waals surface area contributed by atoms with Crippen LogP contribution in [0.1, 0.15) is 16.7 Å². The zero-order valence-electron chi connectivity index (χ0n) is 17.4. The van der Waals surface area contributed by atoms with Gasteiger partial charge in [-0.15, -0.1) is 0 Å². The van der Waals surface area contributed by atoms with Crippen molar-refractivity contribution in [1.29, 1.82) is 5.26 Å². The highest BCUT2D eigenvalue weighted by atomic mass is 32.2. The highest BCUT2D eigenvalue weighted by Crippen LogP contribution is 2.20. The average molecular weight is 441 g/mol. The lowest BCUT2D eigenvalue weighted by atomic mass is 10.1. The SMILES string of the molecule is Cc1ccc(Cn2c(SCC(=O)Nc3ccccc3C#N)nc3ccccc3c2=O)cc1. The molecule has 0 spiro atoms. The molecule has 0 saturated carbocycles. The van der Waals surface area contributed by atoms with Crippen LogP contribution >= 0.6 is 11.8 Å². The lowest BCUT2D eigenvalue weighted by Crippen LogP contribution is -2.25. The summed E-state index contributed by atoms with van der Waals surface area (Å²) >= 11 is 1.20. The zero-order valence-corrected chi connectivity index (χ0v) is 18.2. The quantitative estimate of drug-likeness (QED) is 0.356. The van der Waals surface area contributed by atoms with E-state index in [1.807, 2.05) is 43.3 Å². The summed E-state index contributed by atoms with van der Waals surface area (Å²) in [6.07, 6.45) is 0. The van der Waals surface area contributed by atoms with Crippen LogP contribution in [0.25, 0.3) is 10.9 Å². The molecule has 0 unspecified atom stereocenters. The first-order valence-corrected chi connectivity index (χ1v) is 11.0. The van der Waals surface area contributed by atoms with Gasteiger partial charge in [-0.05, 0) is 36.8 Å². The van der Waals surface area contributed by atoms with E-state index in [0.29, 0.717) is 33.9 Å². The second kappa shape index (κ2) is 9.50. The number of hydrogen-bond donors (Lipinski definition) is 1. The van der Waals surface area contributed by atoms with Crippen LogP contribution in [0.4, 0.5) is 5.69 Å². The second-order valence-electron chi connectivity index (χ2n) is 7.28. The molecule has 6 nitrogen and oxygen atoms in total. The normalized spacial score (nSPS) is 10.6. The summed E-state index contributed by atoms with van der Waals surface area (Å²) in [6, 6.07) is 24.1. The lowest BCUT2D eigenvalue weighted by Gasteiger charge is -2.13. The molecule has 4 rings (SSSR count). The molecule has 0 radical (unpaired) electrons. The largest absolute Gasteiger partial charge is 0.324 e. The van der Waals surface area contributed by atoms with E-state index in [1.165, 1.54) is 11.8 Å². The molecule has 0 aliphatic heterocycles. The molecule has 0 aliphatic rings. The first kappa shape index (κ1) is 21.3. The Morgan fingerprint density at radius 2 is 1.78 bits per heavy atom. The Hall–Kier alpha value is -3.89. The van der Waals surface area contributed by atoms with E-state index in [4.69, 9.17) is 0 Å². The van der Waals surface area contributed by atoms with Gasteiger partial charge in [0, 0.05) is 0 Å². The van der Waals surface area contributed by atoms with Crippen LogP contribution < -0.4 is 10.9 Å². The van der Waals surface area contributed by atoms with Crippen molar-refractivity contribution in [3.05, 3.63) is 99.8 Å². The average Bonchev–Trinajstić information content (AvgIpc) is 2.81. The van der Waals surface area contributed by atoms with Crippen LogP contribution in [0.3, 0.4) is 0 Å². The van der Waals surface area contributed by atoms with Crippen LogP contribution in [0.2, 0.25) is 0 Å². The third kappa shape index (κ3) is 4.71. The molecule has 0 saturated heterocycles. The van der Waals surface area contributed by atoms with E-state index >= 15 is 0 Å². The summed E-state index contributed by atoms with van der Waals surface area (Å²) in [7, 11) is 0. The van der Waals surface area contributed by atoms with Crippen molar-refractivity contribution in [3.8, 4) is 6.07 Å². The fraction of sp³-hybridized carbons (Fsp3) is 0.120. The van der Waals surface area contributed by atoms with Crippen molar-refractivity contribution >= 4 is 34.3 Å². The van der Waals surface area contributed by atoms with Crippen molar-refractivity contribution in [2.75, 3.05) is 11.1 Å². The summed E-state index contributed by atoms with van der Waals surface area (Å²) in [5.74, 6) is -0.222. The molecule has 0 bridgehead atoms. The van der Waals surface area contributed by atoms with Crippen molar-refractivity contribution in [1.82, 2.24) is 9.55 Å².